The van der Waals surface area contributed by atoms with Crippen LogP contribution in [0.1, 0.15) is 5.69 Å². The fourth-order valence-corrected chi connectivity index (χ4v) is 3.20. The highest BCUT2D eigenvalue weighted by molar-refractivity contribution is 7.92. The Morgan fingerprint density at radius 1 is 1.33 bits per heavy atom. The van der Waals surface area contributed by atoms with Gasteiger partial charge in [-0.3, -0.25) is 0 Å². The minimum absolute atomic E-state index is 0.0722. The molecule has 2 rings (SSSR count). The topological polar surface area (TPSA) is 85.3 Å². The number of pyridine rings is 1. The molecule has 0 aliphatic carbocycles. The number of nitrogens with zero attached hydrogens (tertiary/aromatic N) is 4. The third-order valence-electron chi connectivity index (χ3n) is 2.70. The fourth-order valence-electron chi connectivity index (χ4n) is 1.63. The molecular weight excluding hydrogens is 316 g/mol. The van der Waals surface area contributed by atoms with Crippen LogP contribution in [0.25, 0.3) is 0 Å². The third kappa shape index (κ3) is 2.91. The Bertz CT molecular complexity index is 767. The van der Waals surface area contributed by atoms with Crippen LogP contribution in [0.5, 0.6) is 5.88 Å². The van der Waals surface area contributed by atoms with Crippen molar-refractivity contribution in [2.75, 3.05) is 18.5 Å². The van der Waals surface area contributed by atoms with E-state index in [1.807, 2.05) is 0 Å². The van der Waals surface area contributed by atoms with E-state index in [4.69, 9.17) is 16.3 Å². The minimum atomic E-state index is -3.91. The highest BCUT2D eigenvalue weighted by Gasteiger charge is 2.28. The Hall–Kier alpha value is -1.93. The van der Waals surface area contributed by atoms with E-state index in [1.165, 1.54) is 38.7 Å². The van der Waals surface area contributed by atoms with Crippen LogP contribution in [0.3, 0.4) is 0 Å². The summed E-state index contributed by atoms with van der Waals surface area (Å²) in [6, 6.07) is 2.86. The van der Waals surface area contributed by atoms with Crippen molar-refractivity contribution >= 4 is 27.4 Å². The Balaban J connectivity index is 2.54. The average Bonchev–Trinajstić information content (AvgIpc) is 2.46. The first kappa shape index (κ1) is 15.5. The molecule has 2 heterocycles. The second kappa shape index (κ2) is 5.82. The molecule has 0 aliphatic heterocycles. The molecule has 0 N–H and O–H groups in total. The number of aryl methyl sites for hydroxylation is 1. The van der Waals surface area contributed by atoms with Crippen molar-refractivity contribution in [1.29, 1.82) is 0 Å². The number of anilines is 1. The molecule has 0 spiro atoms. The lowest BCUT2D eigenvalue weighted by Gasteiger charge is -2.20. The van der Waals surface area contributed by atoms with Gasteiger partial charge in [0.05, 0.1) is 19.0 Å². The summed E-state index contributed by atoms with van der Waals surface area (Å²) in [4.78, 5) is 11.8. The zero-order chi connectivity index (χ0) is 15.6. The fraction of sp³-hybridized carbons (Fsp3) is 0.250. The van der Waals surface area contributed by atoms with Gasteiger partial charge >= 0.3 is 0 Å². The number of ether oxygens (including phenoxy) is 1. The van der Waals surface area contributed by atoms with Crippen molar-refractivity contribution in [2.45, 2.75) is 11.8 Å². The summed E-state index contributed by atoms with van der Waals surface area (Å²) in [5.74, 6) is 0.184. The average molecular weight is 329 g/mol. The van der Waals surface area contributed by atoms with E-state index < -0.39 is 10.0 Å². The molecule has 9 heteroatoms. The van der Waals surface area contributed by atoms with Gasteiger partial charge in [0.25, 0.3) is 15.9 Å². The highest BCUT2D eigenvalue weighted by Crippen LogP contribution is 2.29. The minimum Gasteiger partial charge on any atom is -0.478 e. The SMILES string of the molecule is COc1nc(C)cnc1N(C)S(=O)(=O)c1cccnc1Cl. The van der Waals surface area contributed by atoms with Crippen LogP contribution < -0.4 is 9.04 Å². The maximum absolute atomic E-state index is 12.6. The third-order valence-corrected chi connectivity index (χ3v) is 4.89. The Morgan fingerprint density at radius 3 is 2.67 bits per heavy atom. The van der Waals surface area contributed by atoms with Gasteiger partial charge in [-0.15, -0.1) is 0 Å². The molecule has 112 valence electrons. The monoisotopic (exact) mass is 328 g/mol. The quantitative estimate of drug-likeness (QED) is 0.794. The van der Waals surface area contributed by atoms with Crippen LogP contribution in [0.15, 0.2) is 29.4 Å². The number of sulfonamides is 1. The molecule has 0 radical (unpaired) electrons. The standard InChI is InChI=1S/C12H13ClN4O3S/c1-8-7-15-11(12(16-8)20-3)17(2)21(18,19)9-5-4-6-14-10(9)13/h4-7H,1-3H3. The summed E-state index contributed by atoms with van der Waals surface area (Å²) in [7, 11) is -1.17. The van der Waals surface area contributed by atoms with Crippen LogP contribution in [-0.2, 0) is 10.0 Å². The van der Waals surface area contributed by atoms with Gasteiger partial charge < -0.3 is 4.74 Å². The van der Waals surface area contributed by atoms with Crippen molar-refractivity contribution in [3.05, 3.63) is 35.4 Å². The first-order valence-electron chi connectivity index (χ1n) is 5.85. The predicted octanol–water partition coefficient (Wildman–Crippen LogP) is 1.67. The normalized spacial score (nSPS) is 11.2. The van der Waals surface area contributed by atoms with Gasteiger partial charge in [0.1, 0.15) is 10.0 Å². The van der Waals surface area contributed by atoms with E-state index >= 15 is 0 Å². The number of methoxy groups -OCH3 is 1. The summed E-state index contributed by atoms with van der Waals surface area (Å²) in [6.07, 6.45) is 2.86. The molecule has 2 aromatic rings. The molecule has 0 fully saturated rings. The van der Waals surface area contributed by atoms with E-state index in [0.29, 0.717) is 5.69 Å². The van der Waals surface area contributed by atoms with Gasteiger partial charge in [-0.2, -0.15) is 0 Å². The van der Waals surface area contributed by atoms with Gasteiger partial charge in [-0.1, -0.05) is 11.6 Å². The number of rotatable bonds is 4. The van der Waals surface area contributed by atoms with E-state index in [-0.39, 0.29) is 21.7 Å². The van der Waals surface area contributed by atoms with Crippen molar-refractivity contribution in [3.8, 4) is 5.88 Å². The molecule has 0 aromatic carbocycles. The zero-order valence-corrected chi connectivity index (χ0v) is 13.2. The molecule has 0 unspecified atom stereocenters. The molecular formula is C12H13ClN4O3S. The maximum atomic E-state index is 12.6. The molecule has 7 nitrogen and oxygen atoms in total. The van der Waals surface area contributed by atoms with Gasteiger partial charge in [0.2, 0.25) is 5.82 Å². The molecule has 0 atom stereocenters. The van der Waals surface area contributed by atoms with Crippen molar-refractivity contribution < 1.29 is 13.2 Å². The van der Waals surface area contributed by atoms with Crippen molar-refractivity contribution in [1.82, 2.24) is 15.0 Å². The van der Waals surface area contributed by atoms with E-state index in [0.717, 1.165) is 4.31 Å². The Kier molecular flexibility index (Phi) is 4.29. The molecule has 0 saturated carbocycles. The second-order valence-electron chi connectivity index (χ2n) is 4.11. The van der Waals surface area contributed by atoms with E-state index in [1.54, 1.807) is 6.92 Å². The van der Waals surface area contributed by atoms with Crippen molar-refractivity contribution in [2.24, 2.45) is 0 Å². The smallest absolute Gasteiger partial charge is 0.268 e. The maximum Gasteiger partial charge on any atom is 0.268 e. The molecule has 0 aliphatic rings. The zero-order valence-electron chi connectivity index (χ0n) is 11.6. The first-order valence-corrected chi connectivity index (χ1v) is 7.67. The summed E-state index contributed by atoms with van der Waals surface area (Å²) >= 11 is 5.85. The van der Waals surface area contributed by atoms with Gasteiger partial charge in [0, 0.05) is 13.2 Å². The number of hydrogen-bond acceptors (Lipinski definition) is 6. The Morgan fingerprint density at radius 2 is 2.05 bits per heavy atom. The summed E-state index contributed by atoms with van der Waals surface area (Å²) in [5.41, 5.74) is 0.612. The number of halogens is 1. The second-order valence-corrected chi connectivity index (χ2v) is 6.40. The molecule has 0 amide bonds. The van der Waals surface area contributed by atoms with Gasteiger partial charge in [-0.25, -0.2) is 27.7 Å². The first-order chi connectivity index (χ1) is 9.87. The van der Waals surface area contributed by atoms with Gasteiger partial charge in [-0.05, 0) is 19.1 Å². The summed E-state index contributed by atoms with van der Waals surface area (Å²) in [5, 5.41) is -0.108. The van der Waals surface area contributed by atoms with Crippen molar-refractivity contribution in [3.63, 3.8) is 0 Å². The molecule has 0 saturated heterocycles. The largest absolute Gasteiger partial charge is 0.478 e. The summed E-state index contributed by atoms with van der Waals surface area (Å²) in [6.45, 7) is 1.73. The van der Waals surface area contributed by atoms with Crippen LogP contribution in [0.4, 0.5) is 5.82 Å². The lowest BCUT2D eigenvalue weighted by molar-refractivity contribution is 0.396. The number of aromatic nitrogens is 3. The van der Waals surface area contributed by atoms with Crippen LogP contribution in [0, 0.1) is 6.92 Å². The van der Waals surface area contributed by atoms with Crippen LogP contribution in [0.2, 0.25) is 5.15 Å². The molecule has 2 aromatic heterocycles. The predicted molar refractivity (Wildman–Crippen MR) is 78.2 cm³/mol. The molecule has 0 bridgehead atoms. The lowest BCUT2D eigenvalue weighted by atomic mass is 10.5. The van der Waals surface area contributed by atoms with Crippen LogP contribution in [-0.4, -0.2) is 37.5 Å². The van der Waals surface area contributed by atoms with Crippen LogP contribution >= 0.6 is 11.6 Å². The number of hydrogen-bond donors (Lipinski definition) is 0. The Labute approximate surface area is 127 Å². The molecule has 21 heavy (non-hydrogen) atoms. The van der Waals surface area contributed by atoms with E-state index in [9.17, 15) is 8.42 Å². The van der Waals surface area contributed by atoms with E-state index in [2.05, 4.69) is 15.0 Å². The lowest BCUT2D eigenvalue weighted by Crippen LogP contribution is -2.28. The summed E-state index contributed by atoms with van der Waals surface area (Å²) < 4.78 is 31.2. The highest BCUT2D eigenvalue weighted by atomic mass is 35.5. The van der Waals surface area contributed by atoms with Gasteiger partial charge in [0.15, 0.2) is 0 Å².